The lowest BCUT2D eigenvalue weighted by Crippen LogP contribution is -2.35. The van der Waals surface area contributed by atoms with Crippen LogP contribution in [-0.2, 0) is 16.1 Å². The van der Waals surface area contributed by atoms with Crippen LogP contribution in [0.5, 0.6) is 11.5 Å². The van der Waals surface area contributed by atoms with Gasteiger partial charge >= 0.3 is 6.61 Å². The van der Waals surface area contributed by atoms with Crippen molar-refractivity contribution in [1.29, 1.82) is 0 Å². The van der Waals surface area contributed by atoms with Crippen molar-refractivity contribution in [3.05, 3.63) is 54.0 Å². The molecule has 0 atom stereocenters. The third-order valence-corrected chi connectivity index (χ3v) is 3.29. The maximum absolute atomic E-state index is 12.3. The number of furan rings is 1. The fraction of sp³-hybridized carbons (Fsp3) is 0.222. The van der Waals surface area contributed by atoms with E-state index in [1.165, 1.54) is 43.7 Å². The lowest BCUT2D eigenvalue weighted by molar-refractivity contribution is -0.124. The Morgan fingerprint density at radius 3 is 2.70 bits per heavy atom. The summed E-state index contributed by atoms with van der Waals surface area (Å²) in [7, 11) is 1.31. The Balaban J connectivity index is 1.82. The summed E-state index contributed by atoms with van der Waals surface area (Å²) in [5.74, 6) is -0.265. The number of alkyl halides is 2. The molecule has 1 heterocycles. The predicted octanol–water partition coefficient (Wildman–Crippen LogP) is 2.34. The molecule has 9 heteroatoms. The van der Waals surface area contributed by atoms with Crippen molar-refractivity contribution in [1.82, 2.24) is 10.6 Å². The van der Waals surface area contributed by atoms with E-state index in [0.29, 0.717) is 11.3 Å². The van der Waals surface area contributed by atoms with Crippen LogP contribution in [0.2, 0.25) is 0 Å². The molecule has 0 bridgehead atoms. The largest absolute Gasteiger partial charge is 0.493 e. The smallest absolute Gasteiger partial charge is 0.387 e. The van der Waals surface area contributed by atoms with Crippen LogP contribution in [0.15, 0.2) is 47.1 Å². The summed E-state index contributed by atoms with van der Waals surface area (Å²) >= 11 is 0. The second-order valence-corrected chi connectivity index (χ2v) is 5.20. The second kappa shape index (κ2) is 9.95. The zero-order chi connectivity index (χ0) is 19.6. The number of hydrogen-bond donors (Lipinski definition) is 2. The first kappa shape index (κ1) is 20.0. The van der Waals surface area contributed by atoms with Gasteiger partial charge in [-0.15, -0.1) is 0 Å². The Kier molecular flexibility index (Phi) is 7.36. The number of benzene rings is 1. The lowest BCUT2D eigenvalue weighted by atomic mass is 10.2. The van der Waals surface area contributed by atoms with Crippen molar-refractivity contribution in [2.75, 3.05) is 13.7 Å². The van der Waals surface area contributed by atoms with E-state index < -0.39 is 12.5 Å². The van der Waals surface area contributed by atoms with Crippen molar-refractivity contribution in [3.63, 3.8) is 0 Å². The van der Waals surface area contributed by atoms with Crippen LogP contribution in [0.4, 0.5) is 8.78 Å². The maximum atomic E-state index is 12.3. The van der Waals surface area contributed by atoms with Gasteiger partial charge in [0.25, 0.3) is 0 Å². The van der Waals surface area contributed by atoms with Crippen LogP contribution in [-0.4, -0.2) is 32.1 Å². The predicted molar refractivity (Wildman–Crippen MR) is 92.2 cm³/mol. The van der Waals surface area contributed by atoms with Crippen molar-refractivity contribution in [2.45, 2.75) is 13.2 Å². The van der Waals surface area contributed by atoms with Gasteiger partial charge in [0.1, 0.15) is 5.76 Å². The van der Waals surface area contributed by atoms with E-state index in [1.54, 1.807) is 12.1 Å². The van der Waals surface area contributed by atoms with Crippen molar-refractivity contribution >= 4 is 17.9 Å². The molecule has 0 saturated carbocycles. The minimum atomic E-state index is -2.97. The third kappa shape index (κ3) is 6.81. The van der Waals surface area contributed by atoms with E-state index in [9.17, 15) is 18.4 Å². The Bertz CT molecular complexity index is 791. The molecule has 144 valence electrons. The van der Waals surface area contributed by atoms with Gasteiger partial charge in [-0.1, -0.05) is 6.07 Å². The monoisotopic (exact) mass is 380 g/mol. The first-order valence-electron chi connectivity index (χ1n) is 7.85. The highest BCUT2D eigenvalue weighted by atomic mass is 19.3. The number of amides is 2. The molecule has 2 aromatic rings. The number of carbonyl (C=O) groups is 2. The van der Waals surface area contributed by atoms with Gasteiger partial charge in [-0.25, -0.2) is 0 Å². The van der Waals surface area contributed by atoms with Gasteiger partial charge < -0.3 is 24.5 Å². The summed E-state index contributed by atoms with van der Waals surface area (Å²) in [5, 5.41) is 5.01. The number of rotatable bonds is 9. The molecule has 0 aliphatic carbocycles. The summed E-state index contributed by atoms with van der Waals surface area (Å²) < 4.78 is 39.0. The molecule has 1 aromatic carbocycles. The molecule has 0 aliphatic heterocycles. The summed E-state index contributed by atoms with van der Waals surface area (Å²) in [4.78, 5) is 23.4. The Morgan fingerprint density at radius 1 is 1.22 bits per heavy atom. The van der Waals surface area contributed by atoms with E-state index >= 15 is 0 Å². The van der Waals surface area contributed by atoms with Gasteiger partial charge in [0.2, 0.25) is 11.8 Å². The molecule has 0 fully saturated rings. The van der Waals surface area contributed by atoms with Gasteiger partial charge in [-0.05, 0) is 35.9 Å². The Hall–Kier alpha value is -3.36. The molecule has 2 rings (SSSR count). The van der Waals surface area contributed by atoms with Crippen LogP contribution in [0, 0.1) is 0 Å². The molecule has 0 unspecified atom stereocenters. The molecule has 0 radical (unpaired) electrons. The first-order valence-corrected chi connectivity index (χ1v) is 7.85. The summed E-state index contributed by atoms with van der Waals surface area (Å²) in [6.45, 7) is -2.94. The van der Waals surface area contributed by atoms with Crippen molar-refractivity contribution in [2.24, 2.45) is 0 Å². The number of ether oxygens (including phenoxy) is 2. The normalized spacial score (nSPS) is 10.8. The van der Waals surface area contributed by atoms with E-state index in [-0.39, 0.29) is 30.5 Å². The van der Waals surface area contributed by atoms with Gasteiger partial charge in [0, 0.05) is 6.08 Å². The highest BCUT2D eigenvalue weighted by molar-refractivity contribution is 5.94. The number of nitrogens with one attached hydrogen (secondary N) is 2. The van der Waals surface area contributed by atoms with Crippen LogP contribution in [0.1, 0.15) is 11.3 Å². The molecule has 1 aromatic heterocycles. The maximum Gasteiger partial charge on any atom is 0.387 e. The highest BCUT2D eigenvalue weighted by Gasteiger charge is 2.10. The number of methoxy groups -OCH3 is 1. The summed E-state index contributed by atoms with van der Waals surface area (Å²) in [5.41, 5.74) is 0.533. The zero-order valence-corrected chi connectivity index (χ0v) is 14.4. The molecule has 2 amide bonds. The number of carbonyl (C=O) groups excluding carboxylic acids is 2. The van der Waals surface area contributed by atoms with Crippen LogP contribution in [0.3, 0.4) is 0 Å². The molecule has 0 spiro atoms. The van der Waals surface area contributed by atoms with E-state index in [4.69, 9.17) is 9.15 Å². The van der Waals surface area contributed by atoms with E-state index in [1.807, 2.05) is 0 Å². The topological polar surface area (TPSA) is 89.8 Å². The Labute approximate surface area is 153 Å². The standard InChI is InChI=1S/C18H18F2N2O5/c1-25-15-9-12(4-6-14(15)27-18(19)20)5-7-16(23)22-11-17(24)21-10-13-3-2-8-26-13/h2-9,18H,10-11H2,1H3,(H,21,24)(H,22,23)/b7-5+. The molecule has 2 N–H and O–H groups in total. The molecule has 0 aliphatic rings. The molecule has 0 saturated heterocycles. The number of halogens is 2. The number of hydrogen-bond acceptors (Lipinski definition) is 5. The van der Waals surface area contributed by atoms with Gasteiger partial charge in [0.05, 0.1) is 26.5 Å². The van der Waals surface area contributed by atoms with Crippen LogP contribution < -0.4 is 20.1 Å². The minimum Gasteiger partial charge on any atom is -0.493 e. The third-order valence-electron chi connectivity index (χ3n) is 3.29. The summed E-state index contributed by atoms with van der Waals surface area (Å²) in [6, 6.07) is 7.66. The minimum absolute atomic E-state index is 0.107. The molecule has 27 heavy (non-hydrogen) atoms. The Morgan fingerprint density at radius 2 is 2.04 bits per heavy atom. The first-order chi connectivity index (χ1) is 13.0. The fourth-order valence-electron chi connectivity index (χ4n) is 2.04. The van der Waals surface area contributed by atoms with Crippen molar-refractivity contribution in [3.8, 4) is 11.5 Å². The molecular formula is C18H18F2N2O5. The molecular weight excluding hydrogens is 362 g/mol. The zero-order valence-electron chi connectivity index (χ0n) is 14.4. The van der Waals surface area contributed by atoms with Crippen LogP contribution in [0.25, 0.3) is 6.08 Å². The quantitative estimate of drug-likeness (QED) is 0.652. The van der Waals surface area contributed by atoms with Gasteiger partial charge in [0.15, 0.2) is 11.5 Å². The average molecular weight is 380 g/mol. The second-order valence-electron chi connectivity index (χ2n) is 5.20. The summed E-state index contributed by atoms with van der Waals surface area (Å²) in [6.07, 6.45) is 4.15. The van der Waals surface area contributed by atoms with E-state index in [2.05, 4.69) is 15.4 Å². The van der Waals surface area contributed by atoms with Gasteiger partial charge in [-0.3, -0.25) is 9.59 Å². The van der Waals surface area contributed by atoms with Crippen LogP contribution >= 0.6 is 0 Å². The average Bonchev–Trinajstić information content (AvgIpc) is 3.17. The SMILES string of the molecule is COc1cc(/C=C/C(=O)NCC(=O)NCc2ccco2)ccc1OC(F)F. The fourth-order valence-corrected chi connectivity index (χ4v) is 2.04. The van der Waals surface area contributed by atoms with Gasteiger partial charge in [-0.2, -0.15) is 8.78 Å². The van der Waals surface area contributed by atoms with E-state index in [0.717, 1.165) is 0 Å². The van der Waals surface area contributed by atoms with Crippen molar-refractivity contribution < 1.29 is 32.3 Å². The highest BCUT2D eigenvalue weighted by Crippen LogP contribution is 2.29. The lowest BCUT2D eigenvalue weighted by Gasteiger charge is -2.10. The molecule has 7 nitrogen and oxygen atoms in total.